The second-order valence-corrected chi connectivity index (χ2v) is 7.68. The number of nitrogens with zero attached hydrogens (tertiary/aromatic N) is 3. The molecule has 0 aliphatic heterocycles. The van der Waals surface area contributed by atoms with E-state index in [0.29, 0.717) is 5.92 Å². The fraction of sp³-hybridized carbons (Fsp3) is 0.240. The van der Waals surface area contributed by atoms with E-state index in [1.807, 2.05) is 55.1 Å². The Morgan fingerprint density at radius 3 is 2.63 bits per heavy atom. The standard InChI is InChI=1S/C25H27N5/c1-3-7-18(2)14-28-22-12-21(15-26-16-22)20-10-11-27-23(13-20)25-29-17-24(30-25)19-8-5-4-6-9-19/h4-6,8-13,15-18,28H,3,7,14H2,1-2H3,(H,29,30). The molecule has 4 aromatic rings. The van der Waals surface area contributed by atoms with Crippen molar-refractivity contribution in [3.63, 3.8) is 0 Å². The van der Waals surface area contributed by atoms with E-state index in [1.54, 1.807) is 0 Å². The van der Waals surface area contributed by atoms with Gasteiger partial charge in [-0.05, 0) is 41.7 Å². The smallest absolute Gasteiger partial charge is 0.156 e. The molecule has 5 nitrogen and oxygen atoms in total. The predicted octanol–water partition coefficient (Wildman–Crippen LogP) is 6.05. The summed E-state index contributed by atoms with van der Waals surface area (Å²) in [5.41, 5.74) is 6.05. The summed E-state index contributed by atoms with van der Waals surface area (Å²) >= 11 is 0. The van der Waals surface area contributed by atoms with Crippen LogP contribution in [0.2, 0.25) is 0 Å². The number of anilines is 1. The number of aromatic nitrogens is 4. The molecule has 0 aliphatic carbocycles. The lowest BCUT2D eigenvalue weighted by Crippen LogP contribution is -2.11. The van der Waals surface area contributed by atoms with E-state index in [4.69, 9.17) is 0 Å². The first-order valence-corrected chi connectivity index (χ1v) is 10.5. The Morgan fingerprint density at radius 2 is 1.80 bits per heavy atom. The first-order chi connectivity index (χ1) is 14.7. The van der Waals surface area contributed by atoms with Gasteiger partial charge in [0.25, 0.3) is 0 Å². The van der Waals surface area contributed by atoms with E-state index in [-0.39, 0.29) is 0 Å². The molecular formula is C25H27N5. The molecule has 0 radical (unpaired) electrons. The van der Waals surface area contributed by atoms with Crippen molar-refractivity contribution in [3.8, 4) is 33.9 Å². The number of benzene rings is 1. The van der Waals surface area contributed by atoms with Crippen LogP contribution in [0.4, 0.5) is 5.69 Å². The van der Waals surface area contributed by atoms with Gasteiger partial charge in [0.1, 0.15) is 5.69 Å². The second-order valence-electron chi connectivity index (χ2n) is 7.68. The predicted molar refractivity (Wildman–Crippen MR) is 123 cm³/mol. The molecule has 0 bridgehead atoms. The average molecular weight is 398 g/mol. The van der Waals surface area contributed by atoms with Crippen LogP contribution in [-0.4, -0.2) is 26.5 Å². The van der Waals surface area contributed by atoms with Crippen LogP contribution in [0.25, 0.3) is 33.9 Å². The van der Waals surface area contributed by atoms with Gasteiger partial charge in [0, 0.05) is 30.7 Å². The number of aromatic amines is 1. The summed E-state index contributed by atoms with van der Waals surface area (Å²) < 4.78 is 0. The van der Waals surface area contributed by atoms with Gasteiger partial charge in [-0.3, -0.25) is 9.97 Å². The summed E-state index contributed by atoms with van der Waals surface area (Å²) in [6.07, 6.45) is 9.86. The molecule has 0 amide bonds. The number of hydrogen-bond acceptors (Lipinski definition) is 4. The zero-order chi connectivity index (χ0) is 20.8. The van der Waals surface area contributed by atoms with Crippen molar-refractivity contribution in [1.82, 2.24) is 19.9 Å². The summed E-state index contributed by atoms with van der Waals surface area (Å²) in [4.78, 5) is 16.9. The van der Waals surface area contributed by atoms with Crippen LogP contribution < -0.4 is 5.32 Å². The molecule has 5 heteroatoms. The van der Waals surface area contributed by atoms with E-state index in [9.17, 15) is 0 Å². The van der Waals surface area contributed by atoms with Gasteiger partial charge in [-0.15, -0.1) is 0 Å². The van der Waals surface area contributed by atoms with Gasteiger partial charge in [0.05, 0.1) is 17.6 Å². The van der Waals surface area contributed by atoms with E-state index < -0.39 is 0 Å². The molecule has 30 heavy (non-hydrogen) atoms. The van der Waals surface area contributed by atoms with Crippen LogP contribution in [0, 0.1) is 5.92 Å². The van der Waals surface area contributed by atoms with Gasteiger partial charge in [-0.1, -0.05) is 50.6 Å². The van der Waals surface area contributed by atoms with Gasteiger partial charge in [-0.2, -0.15) is 0 Å². The third-order valence-corrected chi connectivity index (χ3v) is 5.17. The fourth-order valence-electron chi connectivity index (χ4n) is 3.54. The summed E-state index contributed by atoms with van der Waals surface area (Å²) in [5.74, 6) is 1.40. The van der Waals surface area contributed by atoms with Crippen molar-refractivity contribution in [2.75, 3.05) is 11.9 Å². The van der Waals surface area contributed by atoms with Gasteiger partial charge < -0.3 is 10.3 Å². The van der Waals surface area contributed by atoms with Crippen LogP contribution >= 0.6 is 0 Å². The van der Waals surface area contributed by atoms with E-state index in [2.05, 4.69) is 57.3 Å². The molecule has 0 spiro atoms. The SMILES string of the molecule is CCCC(C)CNc1cncc(-c2ccnc(-c3ncc(-c4ccccc4)[nH]3)c2)c1. The van der Waals surface area contributed by atoms with E-state index in [1.165, 1.54) is 12.8 Å². The summed E-state index contributed by atoms with van der Waals surface area (Å²) in [6.45, 7) is 5.45. The van der Waals surface area contributed by atoms with Crippen LogP contribution in [0.5, 0.6) is 0 Å². The van der Waals surface area contributed by atoms with E-state index >= 15 is 0 Å². The first kappa shape index (κ1) is 19.8. The molecule has 0 saturated carbocycles. The summed E-state index contributed by atoms with van der Waals surface area (Å²) in [5, 5.41) is 3.51. The van der Waals surface area contributed by atoms with Crippen molar-refractivity contribution in [3.05, 3.63) is 73.3 Å². The molecule has 0 saturated heterocycles. The maximum atomic E-state index is 4.54. The van der Waals surface area contributed by atoms with Gasteiger partial charge in [-0.25, -0.2) is 4.98 Å². The lowest BCUT2D eigenvalue weighted by atomic mass is 10.1. The molecule has 3 heterocycles. The molecule has 3 aromatic heterocycles. The number of hydrogen-bond donors (Lipinski definition) is 2. The van der Waals surface area contributed by atoms with Crippen molar-refractivity contribution in [1.29, 1.82) is 0 Å². The Labute approximate surface area is 177 Å². The van der Waals surface area contributed by atoms with Crippen LogP contribution in [0.3, 0.4) is 0 Å². The van der Waals surface area contributed by atoms with Crippen LogP contribution in [0.1, 0.15) is 26.7 Å². The minimum Gasteiger partial charge on any atom is -0.384 e. The maximum absolute atomic E-state index is 4.54. The largest absolute Gasteiger partial charge is 0.384 e. The monoisotopic (exact) mass is 397 g/mol. The number of pyridine rings is 2. The number of imidazole rings is 1. The van der Waals surface area contributed by atoms with Crippen molar-refractivity contribution in [2.45, 2.75) is 26.7 Å². The highest BCUT2D eigenvalue weighted by atomic mass is 14.9. The molecule has 2 N–H and O–H groups in total. The lowest BCUT2D eigenvalue weighted by Gasteiger charge is -2.13. The maximum Gasteiger partial charge on any atom is 0.156 e. The van der Waals surface area contributed by atoms with Gasteiger partial charge in [0.15, 0.2) is 5.82 Å². The molecule has 1 atom stereocenters. The summed E-state index contributed by atoms with van der Waals surface area (Å²) in [6, 6.07) is 16.4. The minimum atomic E-state index is 0.643. The topological polar surface area (TPSA) is 66.5 Å². The molecule has 4 rings (SSSR count). The van der Waals surface area contributed by atoms with Crippen molar-refractivity contribution in [2.24, 2.45) is 5.92 Å². The average Bonchev–Trinajstić information content (AvgIpc) is 3.29. The van der Waals surface area contributed by atoms with Crippen LogP contribution in [-0.2, 0) is 0 Å². The normalized spacial score (nSPS) is 11.9. The Kier molecular flexibility index (Phi) is 6.18. The third-order valence-electron chi connectivity index (χ3n) is 5.17. The Balaban J connectivity index is 1.54. The molecule has 1 aromatic carbocycles. The molecule has 152 valence electrons. The highest BCUT2D eigenvalue weighted by molar-refractivity contribution is 5.71. The molecule has 0 fully saturated rings. The molecule has 1 unspecified atom stereocenters. The molecular weight excluding hydrogens is 370 g/mol. The number of nitrogens with one attached hydrogen (secondary N) is 2. The van der Waals surface area contributed by atoms with Crippen molar-refractivity contribution >= 4 is 5.69 Å². The Morgan fingerprint density at radius 1 is 0.933 bits per heavy atom. The first-order valence-electron chi connectivity index (χ1n) is 10.5. The summed E-state index contributed by atoms with van der Waals surface area (Å²) in [7, 11) is 0. The Hall–Kier alpha value is -3.47. The Bertz CT molecular complexity index is 1090. The van der Waals surface area contributed by atoms with E-state index in [0.717, 1.165) is 46.1 Å². The minimum absolute atomic E-state index is 0.643. The quantitative estimate of drug-likeness (QED) is 0.380. The number of H-pyrrole nitrogens is 1. The van der Waals surface area contributed by atoms with Gasteiger partial charge in [0.2, 0.25) is 0 Å². The zero-order valence-corrected chi connectivity index (χ0v) is 17.5. The fourth-order valence-corrected chi connectivity index (χ4v) is 3.54. The zero-order valence-electron chi connectivity index (χ0n) is 17.5. The second kappa shape index (κ2) is 9.35. The van der Waals surface area contributed by atoms with Gasteiger partial charge >= 0.3 is 0 Å². The van der Waals surface area contributed by atoms with Crippen LogP contribution in [0.15, 0.2) is 73.3 Å². The highest BCUT2D eigenvalue weighted by Gasteiger charge is 2.09. The lowest BCUT2D eigenvalue weighted by molar-refractivity contribution is 0.550. The van der Waals surface area contributed by atoms with Crippen molar-refractivity contribution < 1.29 is 0 Å². The third kappa shape index (κ3) is 4.74. The number of rotatable bonds is 8. The highest BCUT2D eigenvalue weighted by Crippen LogP contribution is 2.26. The molecule has 0 aliphatic rings.